The molecular weight excluding hydrogens is 228 g/mol. The van der Waals surface area contributed by atoms with Crippen molar-refractivity contribution in [1.29, 1.82) is 0 Å². The Morgan fingerprint density at radius 2 is 1.67 bits per heavy atom. The van der Waals surface area contributed by atoms with E-state index in [4.69, 9.17) is 13.3 Å². The molecule has 5 heteroatoms. The van der Waals surface area contributed by atoms with Crippen molar-refractivity contribution in [3.05, 3.63) is 24.3 Å². The summed E-state index contributed by atoms with van der Waals surface area (Å²) in [6.45, 7) is 2.03. The first-order valence-electron chi connectivity index (χ1n) is 4.76. The molecule has 0 radical (unpaired) electrons. The lowest BCUT2D eigenvalue weighted by molar-refractivity contribution is 0.114. The maximum Gasteiger partial charge on any atom is 0.509 e. The van der Waals surface area contributed by atoms with Crippen LogP contribution in [0.3, 0.4) is 0 Å². The summed E-state index contributed by atoms with van der Waals surface area (Å²) in [7, 11) is 2.19. The van der Waals surface area contributed by atoms with Gasteiger partial charge in [0.2, 0.25) is 0 Å². The Kier molecular flexibility index (Phi) is 4.19. The van der Waals surface area contributed by atoms with E-state index in [0.29, 0.717) is 0 Å². The van der Waals surface area contributed by atoms with Gasteiger partial charge in [-0.3, -0.25) is 0 Å². The summed E-state index contributed by atoms with van der Waals surface area (Å²) in [4.78, 5) is 0. The van der Waals surface area contributed by atoms with Crippen LogP contribution in [0.4, 0.5) is 0 Å². The van der Waals surface area contributed by atoms with E-state index in [1.165, 1.54) is 0 Å². The minimum Gasteiger partial charge on any atom is -0.376 e. The second-order valence-electron chi connectivity index (χ2n) is 3.66. The van der Waals surface area contributed by atoms with Crippen molar-refractivity contribution in [3.63, 3.8) is 0 Å². The average molecular weight is 246 g/mol. The van der Waals surface area contributed by atoms with Crippen LogP contribution in [-0.2, 0) is 13.3 Å². The first-order valence-corrected chi connectivity index (χ1v) is 7.01. The molecule has 1 aliphatic rings. The van der Waals surface area contributed by atoms with Crippen LogP contribution in [0.1, 0.15) is 6.92 Å². The Morgan fingerprint density at radius 1 is 1.13 bits per heavy atom. The van der Waals surface area contributed by atoms with Gasteiger partial charge in [0.15, 0.2) is 0 Å². The molecule has 0 heterocycles. The molecule has 0 spiro atoms. The van der Waals surface area contributed by atoms with Crippen molar-refractivity contribution in [2.45, 2.75) is 17.2 Å². The zero-order valence-electron chi connectivity index (χ0n) is 9.56. The lowest BCUT2D eigenvalue weighted by Gasteiger charge is -2.39. The van der Waals surface area contributed by atoms with Crippen LogP contribution < -0.4 is 0 Å². The molecule has 0 fully saturated rings. The molecule has 0 amide bonds. The van der Waals surface area contributed by atoms with Gasteiger partial charge in [-0.15, -0.1) is 0 Å². The van der Waals surface area contributed by atoms with Gasteiger partial charge in [0.1, 0.15) is 0 Å². The Labute approximate surface area is 97.9 Å². The second kappa shape index (κ2) is 4.84. The lowest BCUT2D eigenvalue weighted by atomic mass is 10.0. The highest BCUT2D eigenvalue weighted by Crippen LogP contribution is 2.42. The van der Waals surface area contributed by atoms with Crippen LogP contribution in [-0.4, -0.2) is 34.9 Å². The van der Waals surface area contributed by atoms with E-state index in [1.807, 2.05) is 31.2 Å². The van der Waals surface area contributed by atoms with E-state index in [9.17, 15) is 0 Å². The summed E-state index contributed by atoms with van der Waals surface area (Å²) in [5, 5.41) is 0. The highest BCUT2D eigenvalue weighted by molar-refractivity contribution is 7.82. The third-order valence-electron chi connectivity index (χ3n) is 2.71. The van der Waals surface area contributed by atoms with Gasteiger partial charge in [-0.05, 0) is 6.92 Å². The van der Waals surface area contributed by atoms with E-state index in [-0.39, 0.29) is 10.3 Å². The third kappa shape index (κ3) is 2.37. The number of thiol groups is 1. The summed E-state index contributed by atoms with van der Waals surface area (Å²) in [6.07, 6.45) is 8.01. The second-order valence-corrected chi connectivity index (χ2v) is 7.68. The zero-order valence-corrected chi connectivity index (χ0v) is 11.5. The van der Waals surface area contributed by atoms with Gasteiger partial charge in [-0.1, -0.05) is 24.3 Å². The number of rotatable bonds is 4. The average Bonchev–Trinajstić information content (AvgIpc) is 2.23. The Hall–Kier alpha value is -0.0731. The molecule has 0 aromatic rings. The highest BCUT2D eigenvalue weighted by atomic mass is 32.1. The van der Waals surface area contributed by atoms with Gasteiger partial charge in [0.25, 0.3) is 0 Å². The molecule has 0 bridgehead atoms. The maximum atomic E-state index is 5.47. The van der Waals surface area contributed by atoms with Crippen molar-refractivity contribution < 1.29 is 13.3 Å². The van der Waals surface area contributed by atoms with Gasteiger partial charge in [0.05, 0.1) is 5.54 Å². The molecule has 0 saturated heterocycles. The predicted octanol–water partition coefficient (Wildman–Crippen LogP) is 2.05. The molecule has 15 heavy (non-hydrogen) atoms. The fraction of sp³-hybridized carbons (Fsp3) is 0.600. The van der Waals surface area contributed by atoms with Crippen LogP contribution in [0, 0.1) is 0 Å². The quantitative estimate of drug-likeness (QED) is 0.608. The molecule has 0 saturated carbocycles. The Balaban J connectivity index is 3.03. The van der Waals surface area contributed by atoms with Gasteiger partial charge in [-0.25, -0.2) is 0 Å². The van der Waals surface area contributed by atoms with E-state index >= 15 is 0 Å². The summed E-state index contributed by atoms with van der Waals surface area (Å²) in [5.74, 6) is 0. The molecule has 0 aliphatic heterocycles. The molecule has 2 atom stereocenters. The smallest absolute Gasteiger partial charge is 0.376 e. The SMILES string of the molecule is CO[Si](OC)(OC)C1C=CC=CC1(C)S. The maximum absolute atomic E-state index is 5.47. The van der Waals surface area contributed by atoms with Gasteiger partial charge in [-0.2, -0.15) is 12.6 Å². The topological polar surface area (TPSA) is 27.7 Å². The number of hydrogen-bond acceptors (Lipinski definition) is 4. The number of allylic oxidation sites excluding steroid dienone is 3. The molecule has 0 aromatic carbocycles. The summed E-state index contributed by atoms with van der Waals surface area (Å²) in [6, 6.07) is 0. The number of hydrogen-bond donors (Lipinski definition) is 1. The van der Waals surface area contributed by atoms with Crippen molar-refractivity contribution in [1.82, 2.24) is 0 Å². The van der Waals surface area contributed by atoms with Gasteiger partial charge >= 0.3 is 8.80 Å². The largest absolute Gasteiger partial charge is 0.509 e. The third-order valence-corrected chi connectivity index (χ3v) is 6.64. The predicted molar refractivity (Wildman–Crippen MR) is 66.2 cm³/mol. The van der Waals surface area contributed by atoms with E-state index in [1.54, 1.807) is 21.3 Å². The van der Waals surface area contributed by atoms with Crippen LogP contribution in [0.15, 0.2) is 24.3 Å². The minimum absolute atomic E-state index is 0.0262. The zero-order chi connectivity index (χ0) is 11.5. The molecule has 2 unspecified atom stereocenters. The standard InChI is InChI=1S/C10H18O3SSi/c1-10(14)8-6-5-7-9(10)15(11-2,12-3)13-4/h5-9,14H,1-4H3. The molecular formula is C10H18O3SSi. The fourth-order valence-electron chi connectivity index (χ4n) is 1.83. The van der Waals surface area contributed by atoms with Crippen molar-refractivity contribution >= 4 is 21.4 Å². The molecule has 86 valence electrons. The van der Waals surface area contributed by atoms with E-state index in [2.05, 4.69) is 12.6 Å². The van der Waals surface area contributed by atoms with Gasteiger partial charge < -0.3 is 13.3 Å². The van der Waals surface area contributed by atoms with Crippen LogP contribution >= 0.6 is 12.6 Å². The summed E-state index contributed by atoms with van der Waals surface area (Å²) >= 11 is 4.62. The van der Waals surface area contributed by atoms with E-state index in [0.717, 1.165) is 0 Å². The summed E-state index contributed by atoms with van der Waals surface area (Å²) < 4.78 is 16.1. The van der Waals surface area contributed by atoms with Crippen LogP contribution in [0.5, 0.6) is 0 Å². The molecule has 1 aliphatic carbocycles. The highest BCUT2D eigenvalue weighted by Gasteiger charge is 2.53. The minimum atomic E-state index is -2.67. The Morgan fingerprint density at radius 3 is 2.07 bits per heavy atom. The normalized spacial score (nSPS) is 30.9. The molecule has 3 nitrogen and oxygen atoms in total. The summed E-state index contributed by atoms with van der Waals surface area (Å²) in [5.41, 5.74) is 0.0262. The van der Waals surface area contributed by atoms with E-state index < -0.39 is 8.80 Å². The lowest BCUT2D eigenvalue weighted by Crippen LogP contribution is -2.53. The van der Waals surface area contributed by atoms with Crippen LogP contribution in [0.2, 0.25) is 5.54 Å². The molecule has 1 rings (SSSR count). The molecule has 0 aromatic heterocycles. The Bertz CT molecular complexity index is 264. The van der Waals surface area contributed by atoms with Gasteiger partial charge in [0, 0.05) is 26.1 Å². The van der Waals surface area contributed by atoms with Crippen LogP contribution in [0.25, 0.3) is 0 Å². The fourth-order valence-corrected chi connectivity index (χ4v) is 4.90. The van der Waals surface area contributed by atoms with Crippen molar-refractivity contribution in [3.8, 4) is 0 Å². The molecule has 0 N–H and O–H groups in total. The van der Waals surface area contributed by atoms with Crippen molar-refractivity contribution in [2.24, 2.45) is 0 Å². The first-order chi connectivity index (χ1) is 7.02. The van der Waals surface area contributed by atoms with Crippen molar-refractivity contribution in [2.75, 3.05) is 21.3 Å². The monoisotopic (exact) mass is 246 g/mol. The first kappa shape index (κ1) is 13.0.